The van der Waals surface area contributed by atoms with Crippen LogP contribution in [0.1, 0.15) is 41.5 Å². The van der Waals surface area contributed by atoms with Crippen molar-refractivity contribution in [1.82, 2.24) is 0 Å². The summed E-state index contributed by atoms with van der Waals surface area (Å²) in [6.45, 7) is 12.3. The molecule has 1 nitrogen and oxygen atoms in total. The Morgan fingerprint density at radius 1 is 0.938 bits per heavy atom. The summed E-state index contributed by atoms with van der Waals surface area (Å²) in [6.07, 6.45) is 5.00. The van der Waals surface area contributed by atoms with Gasteiger partial charge < -0.3 is 4.74 Å². The molecule has 16 heavy (non-hydrogen) atoms. The smallest absolute Gasteiger partial charge is 0.148 e. The van der Waals surface area contributed by atoms with Crippen LogP contribution in [0, 0.1) is 12.3 Å². The first-order valence-electron chi connectivity index (χ1n) is 6.05. The number of terminal acetylenes is 1. The van der Waals surface area contributed by atoms with Crippen LogP contribution in [-0.4, -0.2) is 6.61 Å². The molecule has 1 heteroatoms. The predicted molar refractivity (Wildman–Crippen MR) is 74.8 cm³/mol. The van der Waals surface area contributed by atoms with Crippen LogP contribution in [0.15, 0.2) is 30.3 Å². The summed E-state index contributed by atoms with van der Waals surface area (Å²) in [7, 11) is 0. The third-order valence-electron chi connectivity index (χ3n) is 1.07. The topological polar surface area (TPSA) is 9.23 Å². The second kappa shape index (κ2) is 23.4. The average Bonchev–Trinajstić information content (AvgIpc) is 2.44. The normalized spacial score (nSPS) is 6.31. The number of para-hydroxylation sites is 1. The Balaban J connectivity index is -0.000000245. The maximum Gasteiger partial charge on any atom is 0.148 e. The van der Waals surface area contributed by atoms with Crippen molar-refractivity contribution in [3.8, 4) is 18.1 Å². The number of hydrogen-bond donors (Lipinski definition) is 0. The maximum absolute atomic E-state index is 5.12. The quantitative estimate of drug-likeness (QED) is 0.654. The fourth-order valence-corrected chi connectivity index (χ4v) is 0.642. The van der Waals surface area contributed by atoms with Crippen LogP contribution in [0.4, 0.5) is 0 Å². The molecule has 1 aromatic rings. The zero-order valence-electron chi connectivity index (χ0n) is 11.6. The first-order chi connectivity index (χ1) is 7.93. The zero-order valence-corrected chi connectivity index (χ0v) is 11.6. The van der Waals surface area contributed by atoms with E-state index in [1.807, 2.05) is 71.9 Å². The molecule has 0 atom stereocenters. The molecule has 0 amide bonds. The average molecular weight is 222 g/mol. The molecule has 0 fully saturated rings. The van der Waals surface area contributed by atoms with E-state index in [0.29, 0.717) is 6.61 Å². The van der Waals surface area contributed by atoms with Crippen LogP contribution >= 0.6 is 0 Å². The van der Waals surface area contributed by atoms with Gasteiger partial charge in [0.25, 0.3) is 0 Å². The Labute approximate surface area is 102 Å². The van der Waals surface area contributed by atoms with Crippen LogP contribution in [0.25, 0.3) is 0 Å². The molecule has 0 aliphatic heterocycles. The van der Waals surface area contributed by atoms with Crippen LogP contribution in [0.5, 0.6) is 5.75 Å². The second-order valence-electron chi connectivity index (χ2n) is 1.81. The predicted octanol–water partition coefficient (Wildman–Crippen LogP) is 4.78. The molecule has 0 aliphatic rings. The minimum absolute atomic E-state index is 0.337. The van der Waals surface area contributed by atoms with E-state index in [9.17, 15) is 0 Å². The minimum atomic E-state index is 0.337. The Bertz CT molecular complexity index is 221. The number of benzene rings is 1. The van der Waals surface area contributed by atoms with E-state index in [1.54, 1.807) is 0 Å². The summed E-state index contributed by atoms with van der Waals surface area (Å²) < 4.78 is 5.12. The largest absolute Gasteiger partial charge is 0.481 e. The van der Waals surface area contributed by atoms with Crippen molar-refractivity contribution in [1.29, 1.82) is 0 Å². The summed E-state index contributed by atoms with van der Waals surface area (Å²) in [4.78, 5) is 0. The van der Waals surface area contributed by atoms with Crippen molar-refractivity contribution in [3.63, 3.8) is 0 Å². The summed E-state index contributed by atoms with van der Waals surface area (Å²) in [5.74, 6) is 3.21. The molecule has 0 saturated carbocycles. The molecule has 0 heterocycles. The van der Waals surface area contributed by atoms with E-state index in [2.05, 4.69) is 5.92 Å². The third kappa shape index (κ3) is 15.1. The van der Waals surface area contributed by atoms with E-state index in [0.717, 1.165) is 5.75 Å². The van der Waals surface area contributed by atoms with Crippen LogP contribution in [-0.2, 0) is 0 Å². The van der Waals surface area contributed by atoms with Crippen molar-refractivity contribution < 1.29 is 4.74 Å². The molecule has 0 unspecified atom stereocenters. The van der Waals surface area contributed by atoms with Gasteiger partial charge in [0.1, 0.15) is 12.4 Å². The zero-order chi connectivity index (χ0) is 13.2. The molecule has 0 radical (unpaired) electrons. The third-order valence-corrected chi connectivity index (χ3v) is 1.07. The Hall–Kier alpha value is -1.42. The molecule has 92 valence electrons. The minimum Gasteiger partial charge on any atom is -0.481 e. The van der Waals surface area contributed by atoms with E-state index in [4.69, 9.17) is 11.2 Å². The number of hydrogen-bond acceptors (Lipinski definition) is 1. The van der Waals surface area contributed by atoms with Crippen molar-refractivity contribution in [2.45, 2.75) is 41.5 Å². The van der Waals surface area contributed by atoms with E-state index < -0.39 is 0 Å². The van der Waals surface area contributed by atoms with Crippen LogP contribution < -0.4 is 4.74 Å². The van der Waals surface area contributed by atoms with Gasteiger partial charge in [-0.15, -0.1) is 6.42 Å². The van der Waals surface area contributed by atoms with Gasteiger partial charge in [0, 0.05) is 0 Å². The van der Waals surface area contributed by atoms with Gasteiger partial charge in [0.05, 0.1) is 0 Å². The maximum atomic E-state index is 5.12. The van der Waals surface area contributed by atoms with Crippen LogP contribution in [0.2, 0.25) is 0 Å². The van der Waals surface area contributed by atoms with Crippen molar-refractivity contribution in [3.05, 3.63) is 30.3 Å². The van der Waals surface area contributed by atoms with Crippen molar-refractivity contribution in [2.75, 3.05) is 6.61 Å². The van der Waals surface area contributed by atoms with Crippen molar-refractivity contribution in [2.24, 2.45) is 0 Å². The summed E-state index contributed by atoms with van der Waals surface area (Å²) in [5.41, 5.74) is 0. The molecule has 0 spiro atoms. The highest BCUT2D eigenvalue weighted by Gasteiger charge is 1.85. The fraction of sp³-hybridized carbons (Fsp3) is 0.467. The monoisotopic (exact) mass is 222 g/mol. The lowest BCUT2D eigenvalue weighted by atomic mass is 10.3. The van der Waals surface area contributed by atoms with Gasteiger partial charge in [-0.25, -0.2) is 0 Å². The molecule has 1 rings (SSSR count). The highest BCUT2D eigenvalue weighted by atomic mass is 16.5. The number of ether oxygens (including phenoxy) is 1. The lowest BCUT2D eigenvalue weighted by Gasteiger charge is -1.98. The van der Waals surface area contributed by atoms with Gasteiger partial charge in [-0.2, -0.15) is 0 Å². The summed E-state index contributed by atoms with van der Waals surface area (Å²) >= 11 is 0. The molecular weight excluding hydrogens is 196 g/mol. The lowest BCUT2D eigenvalue weighted by Crippen LogP contribution is -1.91. The van der Waals surface area contributed by atoms with Gasteiger partial charge in [-0.3, -0.25) is 0 Å². The van der Waals surface area contributed by atoms with Crippen molar-refractivity contribution >= 4 is 0 Å². The van der Waals surface area contributed by atoms with Gasteiger partial charge >= 0.3 is 0 Å². The molecule has 0 saturated heterocycles. The first-order valence-corrected chi connectivity index (χ1v) is 6.05. The van der Waals surface area contributed by atoms with E-state index >= 15 is 0 Å². The van der Waals surface area contributed by atoms with Gasteiger partial charge in [0.15, 0.2) is 0 Å². The Morgan fingerprint density at radius 3 is 1.75 bits per heavy atom. The standard InChI is InChI=1S/C9H8O.3C2H6/c1-2-8-10-9-6-4-3-5-7-9;3*1-2/h1,3-7H,8H2;3*1-2H3. The first kappa shape index (κ1) is 20.1. The molecule has 0 N–H and O–H groups in total. The fourth-order valence-electron chi connectivity index (χ4n) is 0.642. The molecule has 0 aromatic heterocycles. The second-order valence-corrected chi connectivity index (χ2v) is 1.81. The van der Waals surface area contributed by atoms with Gasteiger partial charge in [-0.05, 0) is 12.1 Å². The summed E-state index contributed by atoms with van der Waals surface area (Å²) in [6, 6.07) is 9.50. The molecule has 0 bridgehead atoms. The van der Waals surface area contributed by atoms with Crippen LogP contribution in [0.3, 0.4) is 0 Å². The molecule has 1 aromatic carbocycles. The highest BCUT2D eigenvalue weighted by molar-refractivity contribution is 5.21. The Morgan fingerprint density at radius 2 is 1.38 bits per heavy atom. The van der Waals surface area contributed by atoms with E-state index in [-0.39, 0.29) is 0 Å². The van der Waals surface area contributed by atoms with E-state index in [1.165, 1.54) is 0 Å². The SMILES string of the molecule is C#CCOc1ccccc1.CC.CC.CC. The highest BCUT2D eigenvalue weighted by Crippen LogP contribution is 2.06. The molecule has 0 aliphatic carbocycles. The number of rotatable bonds is 2. The van der Waals surface area contributed by atoms with Gasteiger partial charge in [0.2, 0.25) is 0 Å². The lowest BCUT2D eigenvalue weighted by molar-refractivity contribution is 0.370. The Kier molecular flexibility index (Phi) is 29.3. The molecular formula is C15H26O. The van der Waals surface area contributed by atoms with Gasteiger partial charge in [-0.1, -0.05) is 65.7 Å². The summed E-state index contributed by atoms with van der Waals surface area (Å²) in [5, 5.41) is 0.